The largest absolute Gasteiger partial charge is 0.495 e. The van der Waals surface area contributed by atoms with E-state index in [9.17, 15) is 4.79 Å². The Labute approximate surface area is 197 Å². The molecule has 1 N–H and O–H groups in total. The molecule has 11 heteroatoms. The first-order valence-electron chi connectivity index (χ1n) is 9.69. The first-order chi connectivity index (χ1) is 16.0. The topological polar surface area (TPSA) is 99.8 Å². The zero-order valence-corrected chi connectivity index (χ0v) is 18.6. The molecule has 0 radical (unpaired) electrons. The number of methoxy groups -OCH3 is 1. The summed E-state index contributed by atoms with van der Waals surface area (Å²) in [5.41, 5.74) is 3.53. The Kier molecular flexibility index (Phi) is 5.41. The lowest BCUT2D eigenvalue weighted by Crippen LogP contribution is -2.13. The van der Waals surface area contributed by atoms with Crippen LogP contribution >= 0.6 is 23.2 Å². The van der Waals surface area contributed by atoms with Crippen LogP contribution in [0.25, 0.3) is 22.4 Å². The van der Waals surface area contributed by atoms with Gasteiger partial charge in [-0.3, -0.25) is 9.36 Å². The van der Waals surface area contributed by atoms with E-state index in [1.807, 2.05) is 0 Å². The third kappa shape index (κ3) is 4.11. The van der Waals surface area contributed by atoms with Gasteiger partial charge in [0.25, 0.3) is 5.91 Å². The Morgan fingerprint density at radius 2 is 1.64 bits per heavy atom. The van der Waals surface area contributed by atoms with Crippen molar-refractivity contribution in [2.75, 3.05) is 12.4 Å². The fourth-order valence-electron chi connectivity index (χ4n) is 3.27. The first kappa shape index (κ1) is 20.9. The zero-order chi connectivity index (χ0) is 22.9. The number of hydrogen-bond donors (Lipinski definition) is 1. The van der Waals surface area contributed by atoms with E-state index in [2.05, 4.69) is 25.7 Å². The van der Waals surface area contributed by atoms with Crippen molar-refractivity contribution < 1.29 is 9.53 Å². The number of nitrogens with one attached hydrogen (secondary N) is 1. The van der Waals surface area contributed by atoms with Gasteiger partial charge in [-0.05, 0) is 54.6 Å². The number of nitrogens with zero attached hydrogens (tertiary/aromatic N) is 6. The van der Waals surface area contributed by atoms with E-state index in [-0.39, 0.29) is 5.91 Å². The van der Waals surface area contributed by atoms with Gasteiger partial charge in [-0.15, -0.1) is 20.4 Å². The van der Waals surface area contributed by atoms with Crippen molar-refractivity contribution in [3.05, 3.63) is 82.9 Å². The minimum atomic E-state index is -0.358. The molecule has 0 saturated carbocycles. The Morgan fingerprint density at radius 3 is 2.39 bits per heavy atom. The van der Waals surface area contributed by atoms with E-state index in [1.54, 1.807) is 66.3 Å². The SMILES string of the molecule is COc1ccc(-n2nc3ccc(NC(=O)c4cc(-n5cnnc5)ccc4Cl)cc3n2)cc1Cl. The molecule has 0 fully saturated rings. The average molecular weight is 480 g/mol. The van der Waals surface area contributed by atoms with Crippen LogP contribution in [0.1, 0.15) is 10.4 Å². The summed E-state index contributed by atoms with van der Waals surface area (Å²) in [5.74, 6) is 0.206. The predicted molar refractivity (Wildman–Crippen MR) is 125 cm³/mol. The number of hydrogen-bond acceptors (Lipinski definition) is 6. The highest BCUT2D eigenvalue weighted by Gasteiger charge is 2.14. The number of amides is 1. The molecule has 33 heavy (non-hydrogen) atoms. The number of carbonyl (C=O) groups is 1. The van der Waals surface area contributed by atoms with Gasteiger partial charge < -0.3 is 10.1 Å². The van der Waals surface area contributed by atoms with Gasteiger partial charge in [-0.1, -0.05) is 23.2 Å². The number of aromatic nitrogens is 6. The second-order valence-corrected chi connectivity index (χ2v) is 7.81. The van der Waals surface area contributed by atoms with Crippen molar-refractivity contribution >= 4 is 45.8 Å². The molecule has 5 rings (SSSR count). The Bertz CT molecular complexity index is 1480. The van der Waals surface area contributed by atoms with Gasteiger partial charge >= 0.3 is 0 Å². The van der Waals surface area contributed by atoms with Crippen LogP contribution < -0.4 is 10.1 Å². The molecule has 2 heterocycles. The van der Waals surface area contributed by atoms with Crippen LogP contribution in [0.5, 0.6) is 5.75 Å². The summed E-state index contributed by atoms with van der Waals surface area (Å²) in [4.78, 5) is 14.4. The van der Waals surface area contributed by atoms with Crippen molar-refractivity contribution in [1.82, 2.24) is 29.8 Å². The van der Waals surface area contributed by atoms with Crippen LogP contribution in [-0.2, 0) is 0 Å². The van der Waals surface area contributed by atoms with Crippen LogP contribution in [0, 0.1) is 0 Å². The molecule has 1 amide bonds. The van der Waals surface area contributed by atoms with Gasteiger partial charge in [0.2, 0.25) is 0 Å². The van der Waals surface area contributed by atoms with Gasteiger partial charge in [0.15, 0.2) is 0 Å². The van der Waals surface area contributed by atoms with Crippen LogP contribution in [0.4, 0.5) is 5.69 Å². The van der Waals surface area contributed by atoms with Crippen LogP contribution in [0.3, 0.4) is 0 Å². The van der Waals surface area contributed by atoms with Gasteiger partial charge in [0.05, 0.1) is 28.4 Å². The van der Waals surface area contributed by atoms with Crippen LogP contribution in [-0.4, -0.2) is 42.8 Å². The Balaban J connectivity index is 1.41. The number of ether oxygens (including phenoxy) is 1. The maximum absolute atomic E-state index is 12.9. The molecular formula is C22H15Cl2N7O2. The molecule has 0 aliphatic rings. The summed E-state index contributed by atoms with van der Waals surface area (Å²) in [7, 11) is 1.55. The lowest BCUT2D eigenvalue weighted by atomic mass is 10.1. The van der Waals surface area contributed by atoms with E-state index in [1.165, 1.54) is 17.5 Å². The zero-order valence-electron chi connectivity index (χ0n) is 17.1. The van der Waals surface area contributed by atoms with Crippen LogP contribution in [0.2, 0.25) is 10.0 Å². The molecule has 9 nitrogen and oxygen atoms in total. The fourth-order valence-corrected chi connectivity index (χ4v) is 3.72. The van der Waals surface area contributed by atoms with E-state index in [0.717, 1.165) is 0 Å². The number of benzene rings is 3. The van der Waals surface area contributed by atoms with E-state index < -0.39 is 0 Å². The lowest BCUT2D eigenvalue weighted by Gasteiger charge is -2.09. The van der Waals surface area contributed by atoms with Crippen molar-refractivity contribution in [2.45, 2.75) is 0 Å². The maximum Gasteiger partial charge on any atom is 0.257 e. The Morgan fingerprint density at radius 1 is 0.879 bits per heavy atom. The quantitative estimate of drug-likeness (QED) is 0.396. The maximum atomic E-state index is 12.9. The van der Waals surface area contributed by atoms with Crippen molar-refractivity contribution in [3.63, 3.8) is 0 Å². The molecular weight excluding hydrogens is 465 g/mol. The van der Waals surface area contributed by atoms with Crippen molar-refractivity contribution in [2.24, 2.45) is 0 Å². The summed E-state index contributed by atoms with van der Waals surface area (Å²) in [6.07, 6.45) is 3.08. The number of fused-ring (bicyclic) bond motifs is 1. The molecule has 0 bridgehead atoms. The summed E-state index contributed by atoms with van der Waals surface area (Å²) < 4.78 is 6.86. The van der Waals surface area contributed by atoms with Gasteiger partial charge in [0.1, 0.15) is 29.4 Å². The lowest BCUT2D eigenvalue weighted by molar-refractivity contribution is 0.102. The highest BCUT2D eigenvalue weighted by molar-refractivity contribution is 6.34. The van der Waals surface area contributed by atoms with Gasteiger partial charge in [0, 0.05) is 11.4 Å². The minimum absolute atomic E-state index is 0.319. The van der Waals surface area contributed by atoms with E-state index in [0.29, 0.717) is 49.5 Å². The molecule has 0 unspecified atom stereocenters. The first-order valence-corrected chi connectivity index (χ1v) is 10.4. The molecule has 0 atom stereocenters. The predicted octanol–water partition coefficient (Wildman–Crippen LogP) is 4.57. The van der Waals surface area contributed by atoms with Gasteiger partial charge in [-0.25, -0.2) is 0 Å². The third-order valence-electron chi connectivity index (χ3n) is 4.92. The molecule has 3 aromatic carbocycles. The molecule has 0 saturated heterocycles. The normalized spacial score (nSPS) is 11.0. The summed E-state index contributed by atoms with van der Waals surface area (Å²) in [6.45, 7) is 0. The smallest absolute Gasteiger partial charge is 0.257 e. The molecule has 164 valence electrons. The molecule has 5 aromatic rings. The van der Waals surface area contributed by atoms with E-state index >= 15 is 0 Å². The van der Waals surface area contributed by atoms with Crippen LogP contribution in [0.15, 0.2) is 67.3 Å². The minimum Gasteiger partial charge on any atom is -0.495 e. The number of halogens is 2. The van der Waals surface area contributed by atoms with Gasteiger partial charge in [-0.2, -0.15) is 4.80 Å². The summed E-state index contributed by atoms with van der Waals surface area (Å²) in [5, 5.41) is 20.2. The molecule has 0 spiro atoms. The average Bonchev–Trinajstić information content (AvgIpc) is 3.49. The number of anilines is 1. The second kappa shape index (κ2) is 8.53. The molecule has 2 aromatic heterocycles. The Hall–Kier alpha value is -3.95. The highest BCUT2D eigenvalue weighted by atomic mass is 35.5. The number of carbonyl (C=O) groups excluding carboxylic acids is 1. The highest BCUT2D eigenvalue weighted by Crippen LogP contribution is 2.27. The summed E-state index contributed by atoms with van der Waals surface area (Å²) >= 11 is 12.5. The van der Waals surface area contributed by atoms with E-state index in [4.69, 9.17) is 27.9 Å². The standard InChI is InChI=1S/C22H15Cl2N7O2/c1-33-21-7-4-15(10-18(21)24)31-28-19-6-2-13(8-20(19)29-31)27-22(32)16-9-14(3-5-17(16)23)30-11-25-26-12-30/h2-12H,1H3,(H,27,32). The molecule has 0 aliphatic carbocycles. The van der Waals surface area contributed by atoms with Crippen molar-refractivity contribution in [3.8, 4) is 17.1 Å². The van der Waals surface area contributed by atoms with Crippen molar-refractivity contribution in [1.29, 1.82) is 0 Å². The number of rotatable bonds is 5. The monoisotopic (exact) mass is 479 g/mol. The summed E-state index contributed by atoms with van der Waals surface area (Å²) in [6, 6.07) is 15.6. The molecule has 0 aliphatic heterocycles. The third-order valence-corrected chi connectivity index (χ3v) is 5.54. The second-order valence-electron chi connectivity index (χ2n) is 7.00. The fraction of sp³-hybridized carbons (Fsp3) is 0.0455.